The van der Waals surface area contributed by atoms with Gasteiger partial charge in [0.2, 0.25) is 5.91 Å². The molecule has 3 nitrogen and oxygen atoms in total. The highest BCUT2D eigenvalue weighted by atomic mass is 19.1. The van der Waals surface area contributed by atoms with E-state index < -0.39 is 0 Å². The second-order valence-electron chi connectivity index (χ2n) is 5.92. The van der Waals surface area contributed by atoms with Gasteiger partial charge in [-0.25, -0.2) is 4.39 Å². The number of carbonyl (C=O) groups excluding carboxylic acids is 1. The SMILES string of the molecule is CCCC(=O)NCC1CCCN(Cc2ccc(F)cc2)C1. The first-order valence-electron chi connectivity index (χ1n) is 7.91. The molecule has 2 rings (SSSR count). The average molecular weight is 292 g/mol. The molecule has 0 saturated carbocycles. The van der Waals surface area contributed by atoms with E-state index in [2.05, 4.69) is 10.2 Å². The standard InChI is InChI=1S/C17H25FN2O/c1-2-4-17(21)19-11-15-5-3-10-20(13-15)12-14-6-8-16(18)9-7-14/h6-9,15H,2-5,10-13H2,1H3,(H,19,21). The zero-order valence-electron chi connectivity index (χ0n) is 12.8. The molecule has 0 aliphatic carbocycles. The van der Waals surface area contributed by atoms with E-state index in [4.69, 9.17) is 0 Å². The molecule has 1 aliphatic rings. The first-order valence-corrected chi connectivity index (χ1v) is 7.91. The van der Waals surface area contributed by atoms with Gasteiger partial charge in [0.1, 0.15) is 5.82 Å². The number of likely N-dealkylation sites (tertiary alicyclic amines) is 1. The molecule has 1 aliphatic heterocycles. The molecule has 1 amide bonds. The lowest BCUT2D eigenvalue weighted by atomic mass is 9.97. The lowest BCUT2D eigenvalue weighted by Crippen LogP contribution is -2.40. The number of carbonyl (C=O) groups is 1. The van der Waals surface area contributed by atoms with Crippen LogP contribution in [0.5, 0.6) is 0 Å². The van der Waals surface area contributed by atoms with Gasteiger partial charge in [0.05, 0.1) is 0 Å². The maximum atomic E-state index is 12.9. The maximum Gasteiger partial charge on any atom is 0.219 e. The smallest absolute Gasteiger partial charge is 0.219 e. The van der Waals surface area contributed by atoms with Crippen LogP contribution >= 0.6 is 0 Å². The molecule has 1 N–H and O–H groups in total. The van der Waals surface area contributed by atoms with Gasteiger partial charge in [-0.1, -0.05) is 19.1 Å². The van der Waals surface area contributed by atoms with Crippen molar-refractivity contribution in [2.75, 3.05) is 19.6 Å². The van der Waals surface area contributed by atoms with E-state index in [0.29, 0.717) is 12.3 Å². The molecular weight excluding hydrogens is 267 g/mol. The van der Waals surface area contributed by atoms with Crippen LogP contribution in [0.1, 0.15) is 38.2 Å². The van der Waals surface area contributed by atoms with E-state index in [1.807, 2.05) is 19.1 Å². The lowest BCUT2D eigenvalue weighted by molar-refractivity contribution is -0.121. The summed E-state index contributed by atoms with van der Waals surface area (Å²) in [5.41, 5.74) is 1.15. The minimum absolute atomic E-state index is 0.160. The molecule has 21 heavy (non-hydrogen) atoms. The molecule has 0 bridgehead atoms. The lowest BCUT2D eigenvalue weighted by Gasteiger charge is -2.32. The molecule has 1 fully saturated rings. The Balaban J connectivity index is 1.77. The number of amides is 1. The van der Waals surface area contributed by atoms with E-state index in [1.165, 1.54) is 18.6 Å². The molecular formula is C17H25FN2O. The van der Waals surface area contributed by atoms with Gasteiger partial charge in [-0.2, -0.15) is 0 Å². The first-order chi connectivity index (χ1) is 10.2. The third kappa shape index (κ3) is 5.46. The number of benzene rings is 1. The van der Waals surface area contributed by atoms with Crippen molar-refractivity contribution in [2.24, 2.45) is 5.92 Å². The summed E-state index contributed by atoms with van der Waals surface area (Å²) in [6, 6.07) is 6.73. The van der Waals surface area contributed by atoms with Crippen molar-refractivity contribution in [3.63, 3.8) is 0 Å². The van der Waals surface area contributed by atoms with E-state index in [-0.39, 0.29) is 11.7 Å². The third-order valence-electron chi connectivity index (χ3n) is 3.99. The average Bonchev–Trinajstić information content (AvgIpc) is 2.48. The summed E-state index contributed by atoms with van der Waals surface area (Å²) in [6.45, 7) is 5.74. The zero-order chi connectivity index (χ0) is 15.1. The van der Waals surface area contributed by atoms with E-state index >= 15 is 0 Å². The van der Waals surface area contributed by atoms with Crippen LogP contribution in [-0.4, -0.2) is 30.4 Å². The number of halogens is 1. The van der Waals surface area contributed by atoms with Gasteiger partial charge < -0.3 is 5.32 Å². The van der Waals surface area contributed by atoms with Crippen LogP contribution < -0.4 is 5.32 Å². The number of nitrogens with zero attached hydrogens (tertiary/aromatic N) is 1. The Morgan fingerprint density at radius 2 is 2.14 bits per heavy atom. The Kier molecular flexibility index (Phi) is 6.18. The van der Waals surface area contributed by atoms with Gasteiger partial charge in [0, 0.05) is 26.1 Å². The minimum atomic E-state index is -0.186. The van der Waals surface area contributed by atoms with E-state index in [1.54, 1.807) is 0 Å². The summed E-state index contributed by atoms with van der Waals surface area (Å²) in [6.07, 6.45) is 3.85. The molecule has 1 aromatic carbocycles. The molecule has 1 saturated heterocycles. The minimum Gasteiger partial charge on any atom is -0.356 e. The number of hydrogen-bond donors (Lipinski definition) is 1. The summed E-state index contributed by atoms with van der Waals surface area (Å²) in [5, 5.41) is 3.03. The predicted molar refractivity (Wildman–Crippen MR) is 82.3 cm³/mol. The first kappa shape index (κ1) is 16.0. The fourth-order valence-electron chi connectivity index (χ4n) is 2.88. The summed E-state index contributed by atoms with van der Waals surface area (Å²) in [5.74, 6) is 0.502. The van der Waals surface area contributed by atoms with Crippen molar-refractivity contribution in [2.45, 2.75) is 39.2 Å². The molecule has 0 radical (unpaired) electrons. The van der Waals surface area contributed by atoms with Crippen LogP contribution in [-0.2, 0) is 11.3 Å². The van der Waals surface area contributed by atoms with Crippen molar-refractivity contribution < 1.29 is 9.18 Å². The highest BCUT2D eigenvalue weighted by molar-refractivity contribution is 5.75. The summed E-state index contributed by atoms with van der Waals surface area (Å²) in [7, 11) is 0. The van der Waals surface area contributed by atoms with Crippen molar-refractivity contribution in [3.8, 4) is 0 Å². The Morgan fingerprint density at radius 1 is 1.38 bits per heavy atom. The molecule has 1 unspecified atom stereocenters. The van der Waals surface area contributed by atoms with Gasteiger partial charge in [-0.15, -0.1) is 0 Å². The van der Waals surface area contributed by atoms with E-state index in [9.17, 15) is 9.18 Å². The van der Waals surface area contributed by atoms with Gasteiger partial charge in [0.15, 0.2) is 0 Å². The Hall–Kier alpha value is -1.42. The molecule has 1 heterocycles. The number of piperidine rings is 1. The topological polar surface area (TPSA) is 32.3 Å². The number of rotatable bonds is 6. The molecule has 116 valence electrons. The summed E-state index contributed by atoms with van der Waals surface area (Å²) >= 11 is 0. The van der Waals surface area contributed by atoms with Gasteiger partial charge in [-0.05, 0) is 49.4 Å². The number of hydrogen-bond acceptors (Lipinski definition) is 2. The Morgan fingerprint density at radius 3 is 2.86 bits per heavy atom. The van der Waals surface area contributed by atoms with Crippen LogP contribution in [0.15, 0.2) is 24.3 Å². The van der Waals surface area contributed by atoms with Gasteiger partial charge >= 0.3 is 0 Å². The Bertz CT molecular complexity index is 447. The van der Waals surface area contributed by atoms with Gasteiger partial charge in [0.25, 0.3) is 0 Å². The quantitative estimate of drug-likeness (QED) is 0.874. The van der Waals surface area contributed by atoms with Gasteiger partial charge in [-0.3, -0.25) is 9.69 Å². The predicted octanol–water partition coefficient (Wildman–Crippen LogP) is 2.95. The molecule has 1 aromatic rings. The fourth-order valence-corrected chi connectivity index (χ4v) is 2.88. The highest BCUT2D eigenvalue weighted by Gasteiger charge is 2.20. The number of nitrogens with one attached hydrogen (secondary N) is 1. The van der Waals surface area contributed by atoms with Crippen molar-refractivity contribution >= 4 is 5.91 Å². The van der Waals surface area contributed by atoms with Crippen LogP contribution in [0.3, 0.4) is 0 Å². The van der Waals surface area contributed by atoms with Crippen molar-refractivity contribution in [1.82, 2.24) is 10.2 Å². The van der Waals surface area contributed by atoms with Crippen LogP contribution in [0.25, 0.3) is 0 Å². The Labute approximate surface area is 126 Å². The van der Waals surface area contributed by atoms with Crippen LogP contribution in [0.4, 0.5) is 4.39 Å². The van der Waals surface area contributed by atoms with Crippen molar-refractivity contribution in [3.05, 3.63) is 35.6 Å². The third-order valence-corrected chi connectivity index (χ3v) is 3.99. The molecule has 0 spiro atoms. The molecule has 0 aromatic heterocycles. The summed E-state index contributed by atoms with van der Waals surface area (Å²) in [4.78, 5) is 13.9. The molecule has 1 atom stereocenters. The zero-order valence-corrected chi connectivity index (χ0v) is 12.8. The largest absolute Gasteiger partial charge is 0.356 e. The normalized spacial score (nSPS) is 19.4. The fraction of sp³-hybridized carbons (Fsp3) is 0.588. The van der Waals surface area contributed by atoms with Crippen LogP contribution in [0, 0.1) is 11.7 Å². The van der Waals surface area contributed by atoms with E-state index in [0.717, 1.165) is 44.6 Å². The van der Waals surface area contributed by atoms with Crippen molar-refractivity contribution in [1.29, 1.82) is 0 Å². The second kappa shape index (κ2) is 8.13. The molecule has 4 heteroatoms. The summed E-state index contributed by atoms with van der Waals surface area (Å²) < 4.78 is 12.9. The van der Waals surface area contributed by atoms with Crippen LogP contribution in [0.2, 0.25) is 0 Å². The maximum absolute atomic E-state index is 12.9. The highest BCUT2D eigenvalue weighted by Crippen LogP contribution is 2.18. The second-order valence-corrected chi connectivity index (χ2v) is 5.92. The monoisotopic (exact) mass is 292 g/mol.